The first kappa shape index (κ1) is 20.9. The summed E-state index contributed by atoms with van der Waals surface area (Å²) in [5.41, 5.74) is 2.32. The van der Waals surface area contributed by atoms with E-state index in [0.717, 1.165) is 17.8 Å². The Labute approximate surface area is 160 Å². The number of methoxy groups -OCH3 is 1. The van der Waals surface area contributed by atoms with Gasteiger partial charge >= 0.3 is 0 Å². The summed E-state index contributed by atoms with van der Waals surface area (Å²) in [6.07, 6.45) is 0. The molecule has 148 valence electrons. The number of sulfonamides is 1. The Bertz CT molecular complexity index is 900. The van der Waals surface area contributed by atoms with Crippen LogP contribution in [0.2, 0.25) is 0 Å². The predicted molar refractivity (Wildman–Crippen MR) is 107 cm³/mol. The molecule has 1 aromatic carbocycles. The summed E-state index contributed by atoms with van der Waals surface area (Å²) in [7, 11) is -2.04. The lowest BCUT2D eigenvalue weighted by Gasteiger charge is -2.14. The van der Waals surface area contributed by atoms with Crippen molar-refractivity contribution in [3.63, 3.8) is 0 Å². The van der Waals surface area contributed by atoms with E-state index in [1.165, 1.54) is 0 Å². The summed E-state index contributed by atoms with van der Waals surface area (Å²) in [5.74, 6) is 1.86. The van der Waals surface area contributed by atoms with Crippen molar-refractivity contribution < 1.29 is 13.2 Å². The van der Waals surface area contributed by atoms with Gasteiger partial charge in [0.25, 0.3) is 0 Å². The van der Waals surface area contributed by atoms with Crippen molar-refractivity contribution in [1.82, 2.24) is 14.7 Å². The molecule has 2 rings (SSSR count). The molecule has 8 nitrogen and oxygen atoms in total. The zero-order valence-electron chi connectivity index (χ0n) is 16.4. The normalized spacial score (nSPS) is 11.3. The summed E-state index contributed by atoms with van der Waals surface area (Å²) >= 11 is 0. The standard InChI is InChI=1S/C18H27N5O3S/c1-6-19-18-22-12(2)11-17(23-18)20-9-10-21-27(24,25)16-8-7-15(26-5)13(3)14(16)4/h7-8,11,21H,6,9-10H2,1-5H3,(H2,19,20,22,23). The van der Waals surface area contributed by atoms with Crippen molar-refractivity contribution in [3.05, 3.63) is 35.0 Å². The third kappa shape index (κ3) is 5.30. The van der Waals surface area contributed by atoms with Crippen LogP contribution in [0.5, 0.6) is 5.75 Å². The van der Waals surface area contributed by atoms with Gasteiger partial charge in [-0.2, -0.15) is 4.98 Å². The van der Waals surface area contributed by atoms with E-state index in [1.54, 1.807) is 26.2 Å². The van der Waals surface area contributed by atoms with Gasteiger partial charge in [0, 0.05) is 31.4 Å². The highest BCUT2D eigenvalue weighted by molar-refractivity contribution is 7.89. The van der Waals surface area contributed by atoms with Crippen LogP contribution in [-0.2, 0) is 10.0 Å². The van der Waals surface area contributed by atoms with Crippen molar-refractivity contribution in [1.29, 1.82) is 0 Å². The molecule has 0 unspecified atom stereocenters. The van der Waals surface area contributed by atoms with Crippen LogP contribution in [0, 0.1) is 20.8 Å². The van der Waals surface area contributed by atoms with E-state index in [-0.39, 0.29) is 11.4 Å². The van der Waals surface area contributed by atoms with Gasteiger partial charge in [-0.1, -0.05) is 0 Å². The third-order valence-electron chi connectivity index (χ3n) is 4.11. The number of benzene rings is 1. The molecule has 0 aliphatic rings. The molecule has 27 heavy (non-hydrogen) atoms. The fraction of sp³-hybridized carbons (Fsp3) is 0.444. The maximum atomic E-state index is 12.6. The molecule has 2 aromatic rings. The molecule has 0 amide bonds. The van der Waals surface area contributed by atoms with E-state index in [0.29, 0.717) is 29.6 Å². The van der Waals surface area contributed by atoms with Gasteiger partial charge in [-0.05, 0) is 51.0 Å². The fourth-order valence-electron chi connectivity index (χ4n) is 2.63. The maximum Gasteiger partial charge on any atom is 0.240 e. The monoisotopic (exact) mass is 393 g/mol. The highest BCUT2D eigenvalue weighted by Gasteiger charge is 2.19. The second-order valence-corrected chi connectivity index (χ2v) is 7.82. The Morgan fingerprint density at radius 2 is 1.78 bits per heavy atom. The number of aryl methyl sites for hydroxylation is 1. The lowest BCUT2D eigenvalue weighted by molar-refractivity contribution is 0.410. The SMILES string of the molecule is CCNc1nc(C)cc(NCCNS(=O)(=O)c2ccc(OC)c(C)c2C)n1. The Hall–Kier alpha value is -2.39. The van der Waals surface area contributed by atoms with Crippen LogP contribution in [0.15, 0.2) is 23.1 Å². The lowest BCUT2D eigenvalue weighted by Crippen LogP contribution is -2.29. The van der Waals surface area contributed by atoms with Gasteiger partial charge in [-0.3, -0.25) is 0 Å². The summed E-state index contributed by atoms with van der Waals surface area (Å²) in [6.45, 7) is 8.82. The highest BCUT2D eigenvalue weighted by Crippen LogP contribution is 2.26. The summed E-state index contributed by atoms with van der Waals surface area (Å²) in [4.78, 5) is 8.87. The highest BCUT2D eigenvalue weighted by atomic mass is 32.2. The molecule has 0 saturated heterocycles. The summed E-state index contributed by atoms with van der Waals surface area (Å²) < 4.78 is 33.0. The Balaban J connectivity index is 2.00. The van der Waals surface area contributed by atoms with E-state index in [9.17, 15) is 8.42 Å². The number of ether oxygens (including phenoxy) is 1. The molecule has 1 aromatic heterocycles. The zero-order valence-corrected chi connectivity index (χ0v) is 17.2. The minimum absolute atomic E-state index is 0.229. The topological polar surface area (TPSA) is 105 Å². The number of hydrogen-bond donors (Lipinski definition) is 3. The number of anilines is 2. The molecule has 0 radical (unpaired) electrons. The molecule has 0 bridgehead atoms. The number of nitrogens with one attached hydrogen (secondary N) is 3. The molecule has 0 fully saturated rings. The second-order valence-electron chi connectivity index (χ2n) is 6.09. The molecule has 0 aliphatic carbocycles. The van der Waals surface area contributed by atoms with Gasteiger partial charge in [0.05, 0.1) is 12.0 Å². The first-order valence-electron chi connectivity index (χ1n) is 8.75. The van der Waals surface area contributed by atoms with Gasteiger partial charge in [-0.25, -0.2) is 18.1 Å². The van der Waals surface area contributed by atoms with Gasteiger partial charge in [0.15, 0.2) is 0 Å². The number of hydrogen-bond acceptors (Lipinski definition) is 7. The first-order chi connectivity index (χ1) is 12.8. The van der Waals surface area contributed by atoms with E-state index in [4.69, 9.17) is 4.74 Å². The molecule has 3 N–H and O–H groups in total. The van der Waals surface area contributed by atoms with E-state index in [2.05, 4.69) is 25.3 Å². The van der Waals surface area contributed by atoms with Crippen molar-refractivity contribution in [2.24, 2.45) is 0 Å². The van der Waals surface area contributed by atoms with Gasteiger partial charge in [0.2, 0.25) is 16.0 Å². The van der Waals surface area contributed by atoms with Crippen LogP contribution in [0.25, 0.3) is 0 Å². The maximum absolute atomic E-state index is 12.6. The van der Waals surface area contributed by atoms with E-state index >= 15 is 0 Å². The zero-order chi connectivity index (χ0) is 20.0. The minimum atomic E-state index is -3.61. The number of aromatic nitrogens is 2. The van der Waals surface area contributed by atoms with Crippen molar-refractivity contribution >= 4 is 21.8 Å². The third-order valence-corrected chi connectivity index (χ3v) is 5.71. The largest absolute Gasteiger partial charge is 0.496 e. The van der Waals surface area contributed by atoms with Crippen LogP contribution in [0.4, 0.5) is 11.8 Å². The van der Waals surface area contributed by atoms with Crippen molar-refractivity contribution in [2.75, 3.05) is 37.4 Å². The van der Waals surface area contributed by atoms with Crippen LogP contribution in [0.3, 0.4) is 0 Å². The van der Waals surface area contributed by atoms with E-state index < -0.39 is 10.0 Å². The molecule has 0 saturated carbocycles. The molecule has 0 atom stereocenters. The smallest absolute Gasteiger partial charge is 0.240 e. The van der Waals surface area contributed by atoms with Gasteiger partial charge in [-0.15, -0.1) is 0 Å². The molecule has 1 heterocycles. The predicted octanol–water partition coefficient (Wildman–Crippen LogP) is 2.23. The quantitative estimate of drug-likeness (QED) is 0.561. The van der Waals surface area contributed by atoms with Crippen LogP contribution >= 0.6 is 0 Å². The number of nitrogens with zero attached hydrogens (tertiary/aromatic N) is 2. The number of rotatable bonds is 9. The molecular weight excluding hydrogens is 366 g/mol. The van der Waals surface area contributed by atoms with Crippen LogP contribution in [0.1, 0.15) is 23.7 Å². The summed E-state index contributed by atoms with van der Waals surface area (Å²) in [5, 5.41) is 6.18. The average molecular weight is 394 g/mol. The molecule has 0 spiro atoms. The minimum Gasteiger partial charge on any atom is -0.496 e. The average Bonchev–Trinajstić information content (AvgIpc) is 2.60. The Morgan fingerprint density at radius 1 is 1.04 bits per heavy atom. The second kappa shape index (κ2) is 9.01. The molecule has 0 aliphatic heterocycles. The van der Waals surface area contributed by atoms with Crippen molar-refractivity contribution in [3.8, 4) is 5.75 Å². The van der Waals surface area contributed by atoms with Crippen LogP contribution in [-0.4, -0.2) is 45.1 Å². The molecule has 9 heteroatoms. The fourth-order valence-corrected chi connectivity index (χ4v) is 3.96. The molecular formula is C18H27N5O3S. The van der Waals surface area contributed by atoms with Gasteiger partial charge < -0.3 is 15.4 Å². The first-order valence-corrected chi connectivity index (χ1v) is 10.2. The van der Waals surface area contributed by atoms with E-state index in [1.807, 2.05) is 26.8 Å². The van der Waals surface area contributed by atoms with Crippen molar-refractivity contribution in [2.45, 2.75) is 32.6 Å². The lowest BCUT2D eigenvalue weighted by atomic mass is 10.1. The van der Waals surface area contributed by atoms with Gasteiger partial charge in [0.1, 0.15) is 11.6 Å². The Kier molecular flexibility index (Phi) is 6.98. The summed E-state index contributed by atoms with van der Waals surface area (Å²) in [6, 6.07) is 5.04. The Morgan fingerprint density at radius 3 is 2.44 bits per heavy atom. The van der Waals surface area contributed by atoms with Crippen LogP contribution < -0.4 is 20.1 Å².